The van der Waals surface area contributed by atoms with Gasteiger partial charge in [0.25, 0.3) is 10.2 Å². The Kier molecular flexibility index (Phi) is 5.42. The van der Waals surface area contributed by atoms with E-state index in [0.717, 1.165) is 32.4 Å². The zero-order valence-electron chi connectivity index (χ0n) is 12.7. The van der Waals surface area contributed by atoms with Crippen LogP contribution in [-0.4, -0.2) is 68.5 Å². The fourth-order valence-electron chi connectivity index (χ4n) is 3.05. The standard InChI is InChI=1S/C13H27N3O3S/c1-11-9-16(10-12(2)19-11)20(17,18)15(3)13-5-4-7-14-8-6-13/h11-14H,4-10H2,1-3H3. The van der Waals surface area contributed by atoms with Crippen molar-refractivity contribution >= 4 is 10.2 Å². The van der Waals surface area contributed by atoms with Gasteiger partial charge in [0.15, 0.2) is 0 Å². The van der Waals surface area contributed by atoms with Crippen LogP contribution in [0.25, 0.3) is 0 Å². The van der Waals surface area contributed by atoms with Crippen molar-refractivity contribution in [2.45, 2.75) is 51.4 Å². The lowest BCUT2D eigenvalue weighted by Gasteiger charge is -2.38. The van der Waals surface area contributed by atoms with Crippen LogP contribution in [0.3, 0.4) is 0 Å². The van der Waals surface area contributed by atoms with Gasteiger partial charge in [-0.15, -0.1) is 0 Å². The smallest absolute Gasteiger partial charge is 0.282 e. The summed E-state index contributed by atoms with van der Waals surface area (Å²) in [5, 5.41) is 3.32. The van der Waals surface area contributed by atoms with Gasteiger partial charge in [-0.1, -0.05) is 0 Å². The van der Waals surface area contributed by atoms with Crippen LogP contribution in [0.1, 0.15) is 33.1 Å². The Hall–Kier alpha value is -0.210. The summed E-state index contributed by atoms with van der Waals surface area (Å²) in [7, 11) is -1.67. The maximum absolute atomic E-state index is 12.8. The van der Waals surface area contributed by atoms with E-state index in [1.165, 1.54) is 0 Å². The molecule has 0 bridgehead atoms. The first-order valence-corrected chi connectivity index (χ1v) is 8.90. The van der Waals surface area contributed by atoms with Crippen LogP contribution in [0.2, 0.25) is 0 Å². The van der Waals surface area contributed by atoms with Crippen LogP contribution in [-0.2, 0) is 14.9 Å². The van der Waals surface area contributed by atoms with E-state index in [0.29, 0.717) is 13.1 Å². The minimum Gasteiger partial charge on any atom is -0.373 e. The topological polar surface area (TPSA) is 61.9 Å². The molecule has 2 aliphatic heterocycles. The molecule has 0 saturated carbocycles. The third-order valence-corrected chi connectivity index (χ3v) is 6.11. The maximum Gasteiger partial charge on any atom is 0.282 e. The molecule has 2 heterocycles. The second-order valence-corrected chi connectivity index (χ2v) is 7.92. The van der Waals surface area contributed by atoms with Crippen molar-refractivity contribution in [2.75, 3.05) is 33.2 Å². The van der Waals surface area contributed by atoms with E-state index in [-0.39, 0.29) is 18.2 Å². The molecule has 6 nitrogen and oxygen atoms in total. The van der Waals surface area contributed by atoms with Gasteiger partial charge in [-0.3, -0.25) is 0 Å². The summed E-state index contributed by atoms with van der Waals surface area (Å²) in [4.78, 5) is 0. The monoisotopic (exact) mass is 305 g/mol. The van der Waals surface area contributed by atoms with Crippen molar-refractivity contribution in [3.05, 3.63) is 0 Å². The van der Waals surface area contributed by atoms with Crippen LogP contribution in [0, 0.1) is 0 Å². The third-order valence-electron chi connectivity index (χ3n) is 4.14. The zero-order chi connectivity index (χ0) is 14.8. The zero-order valence-corrected chi connectivity index (χ0v) is 13.5. The minimum absolute atomic E-state index is 0.0438. The molecule has 2 aliphatic rings. The van der Waals surface area contributed by atoms with E-state index in [2.05, 4.69) is 5.32 Å². The quantitative estimate of drug-likeness (QED) is 0.820. The first-order chi connectivity index (χ1) is 9.41. The highest BCUT2D eigenvalue weighted by atomic mass is 32.2. The molecule has 0 aromatic rings. The van der Waals surface area contributed by atoms with Gasteiger partial charge < -0.3 is 10.1 Å². The maximum atomic E-state index is 12.8. The Labute approximate surface area is 122 Å². The highest BCUT2D eigenvalue weighted by molar-refractivity contribution is 7.86. The van der Waals surface area contributed by atoms with Gasteiger partial charge in [0.05, 0.1) is 12.2 Å². The Morgan fingerprint density at radius 1 is 1.15 bits per heavy atom. The largest absolute Gasteiger partial charge is 0.373 e. The number of hydrogen-bond acceptors (Lipinski definition) is 4. The molecule has 0 aromatic carbocycles. The van der Waals surface area contributed by atoms with Gasteiger partial charge in [-0.2, -0.15) is 17.0 Å². The Bertz CT molecular complexity index is 397. The fourth-order valence-corrected chi connectivity index (χ4v) is 4.80. The fraction of sp³-hybridized carbons (Fsp3) is 1.00. The second kappa shape index (κ2) is 6.70. The molecule has 20 heavy (non-hydrogen) atoms. The van der Waals surface area contributed by atoms with E-state index in [9.17, 15) is 8.42 Å². The molecule has 2 rings (SSSR count). The average Bonchev–Trinajstić information content (AvgIpc) is 2.65. The van der Waals surface area contributed by atoms with Crippen molar-refractivity contribution in [3.63, 3.8) is 0 Å². The van der Waals surface area contributed by atoms with Gasteiger partial charge in [-0.25, -0.2) is 0 Å². The summed E-state index contributed by atoms with van der Waals surface area (Å²) in [6.45, 7) is 6.61. The number of rotatable bonds is 3. The van der Waals surface area contributed by atoms with Crippen molar-refractivity contribution in [2.24, 2.45) is 0 Å². The van der Waals surface area contributed by atoms with Gasteiger partial charge in [0, 0.05) is 26.2 Å². The molecule has 0 amide bonds. The molecule has 0 aliphatic carbocycles. The van der Waals surface area contributed by atoms with Crippen molar-refractivity contribution in [1.82, 2.24) is 13.9 Å². The van der Waals surface area contributed by atoms with Crippen molar-refractivity contribution < 1.29 is 13.2 Å². The van der Waals surface area contributed by atoms with Crippen LogP contribution < -0.4 is 5.32 Å². The number of nitrogens with zero attached hydrogens (tertiary/aromatic N) is 2. The van der Waals surface area contributed by atoms with Crippen molar-refractivity contribution in [3.8, 4) is 0 Å². The number of morpholine rings is 1. The normalized spacial score (nSPS) is 34.1. The first kappa shape index (κ1) is 16.2. The average molecular weight is 305 g/mol. The summed E-state index contributed by atoms with van der Waals surface area (Å²) >= 11 is 0. The molecule has 3 atom stereocenters. The summed E-state index contributed by atoms with van der Waals surface area (Å²) in [6.07, 6.45) is 2.75. The highest BCUT2D eigenvalue weighted by Gasteiger charge is 2.36. The van der Waals surface area contributed by atoms with E-state index in [1.54, 1.807) is 15.7 Å². The number of hydrogen-bond donors (Lipinski definition) is 1. The summed E-state index contributed by atoms with van der Waals surface area (Å²) < 4.78 is 34.3. The van der Waals surface area contributed by atoms with Gasteiger partial charge in [0.1, 0.15) is 0 Å². The molecule has 0 radical (unpaired) electrons. The van der Waals surface area contributed by atoms with E-state index in [1.807, 2.05) is 13.8 Å². The van der Waals surface area contributed by atoms with Crippen LogP contribution in [0.15, 0.2) is 0 Å². The van der Waals surface area contributed by atoms with E-state index >= 15 is 0 Å². The predicted molar refractivity (Wildman–Crippen MR) is 78.8 cm³/mol. The SMILES string of the molecule is CC1CN(S(=O)(=O)N(C)C2CCCNCC2)CC(C)O1. The van der Waals surface area contributed by atoms with Gasteiger partial charge >= 0.3 is 0 Å². The van der Waals surface area contributed by atoms with Crippen LogP contribution >= 0.6 is 0 Å². The molecule has 118 valence electrons. The molecule has 7 heteroatoms. The molecular weight excluding hydrogens is 278 g/mol. The minimum atomic E-state index is -3.38. The van der Waals surface area contributed by atoms with E-state index < -0.39 is 10.2 Å². The van der Waals surface area contributed by atoms with Crippen molar-refractivity contribution in [1.29, 1.82) is 0 Å². The lowest BCUT2D eigenvalue weighted by molar-refractivity contribution is -0.0456. The Morgan fingerprint density at radius 2 is 1.80 bits per heavy atom. The lowest BCUT2D eigenvalue weighted by atomic mass is 10.1. The summed E-state index contributed by atoms with van der Waals surface area (Å²) in [6, 6.07) is 0.100. The molecule has 0 spiro atoms. The molecule has 1 N–H and O–H groups in total. The highest BCUT2D eigenvalue weighted by Crippen LogP contribution is 2.21. The predicted octanol–water partition coefficient (Wildman–Crippen LogP) is 0.414. The molecule has 3 unspecified atom stereocenters. The number of ether oxygens (including phenoxy) is 1. The van der Waals surface area contributed by atoms with Gasteiger partial charge in [0.2, 0.25) is 0 Å². The first-order valence-electron chi connectivity index (χ1n) is 7.50. The van der Waals surface area contributed by atoms with Crippen LogP contribution in [0.5, 0.6) is 0 Å². The number of nitrogens with one attached hydrogen (secondary N) is 1. The molecule has 0 aromatic heterocycles. The molecule has 2 saturated heterocycles. The van der Waals surface area contributed by atoms with Gasteiger partial charge in [-0.05, 0) is 46.2 Å². The summed E-state index contributed by atoms with van der Waals surface area (Å²) in [5.74, 6) is 0. The lowest BCUT2D eigenvalue weighted by Crippen LogP contribution is -2.54. The third kappa shape index (κ3) is 3.71. The molecular formula is C13H27N3O3S. The Morgan fingerprint density at radius 3 is 2.45 bits per heavy atom. The molecule has 2 fully saturated rings. The summed E-state index contributed by atoms with van der Waals surface area (Å²) in [5.41, 5.74) is 0. The Balaban J connectivity index is 2.07. The second-order valence-electron chi connectivity index (χ2n) is 5.93. The van der Waals surface area contributed by atoms with Crippen LogP contribution in [0.4, 0.5) is 0 Å². The van der Waals surface area contributed by atoms with E-state index in [4.69, 9.17) is 4.74 Å².